The van der Waals surface area contributed by atoms with Crippen LogP contribution in [0, 0.1) is 0 Å². The average Bonchev–Trinajstić information content (AvgIpc) is 3.15. The maximum Gasteiger partial charge on any atom is 0.324 e. The Kier molecular flexibility index (Phi) is 5.67. The second-order valence-corrected chi connectivity index (χ2v) is 7.88. The van der Waals surface area contributed by atoms with E-state index in [0.717, 1.165) is 6.42 Å². The molecule has 1 aliphatic heterocycles. The molecule has 0 spiro atoms. The summed E-state index contributed by atoms with van der Waals surface area (Å²) in [4.78, 5) is 12.7. The molecular weight excluding hydrogens is 358 g/mol. The van der Waals surface area contributed by atoms with Crippen LogP contribution in [0.2, 0.25) is 0 Å². The number of hydrogen-bond donors (Lipinski definition) is 0. The van der Waals surface area contributed by atoms with Crippen LogP contribution in [0.1, 0.15) is 38.0 Å². The van der Waals surface area contributed by atoms with Crippen molar-refractivity contribution in [2.45, 2.75) is 50.2 Å². The van der Waals surface area contributed by atoms with Crippen molar-refractivity contribution in [1.82, 2.24) is 14.5 Å². The number of esters is 1. The number of ether oxygens (including phenoxy) is 1. The van der Waals surface area contributed by atoms with Gasteiger partial charge in [-0.2, -0.15) is 4.31 Å². The molecule has 140 valence electrons. The lowest BCUT2D eigenvalue weighted by Gasteiger charge is -2.32. The summed E-state index contributed by atoms with van der Waals surface area (Å²) in [5, 5.41) is 7.60. The number of carbonyl (C=O) groups is 1. The first-order valence-electron chi connectivity index (χ1n) is 8.57. The number of piperidine rings is 1. The van der Waals surface area contributed by atoms with Crippen LogP contribution in [-0.4, -0.2) is 41.5 Å². The summed E-state index contributed by atoms with van der Waals surface area (Å²) >= 11 is 0. The van der Waals surface area contributed by atoms with Crippen molar-refractivity contribution in [2.75, 3.05) is 6.54 Å². The first kappa shape index (κ1) is 18.5. The highest BCUT2D eigenvalue weighted by Crippen LogP contribution is 2.26. The normalized spacial score (nSPS) is 18.6. The van der Waals surface area contributed by atoms with E-state index in [9.17, 15) is 13.2 Å². The van der Waals surface area contributed by atoms with Crippen LogP contribution in [0.3, 0.4) is 0 Å². The van der Waals surface area contributed by atoms with Crippen molar-refractivity contribution >= 4 is 16.0 Å². The number of nitrogens with zero attached hydrogens (tertiary/aromatic N) is 3. The molecule has 2 aromatic rings. The minimum absolute atomic E-state index is 0.165. The zero-order chi connectivity index (χ0) is 18.6. The molecule has 1 aromatic heterocycles. The lowest BCUT2D eigenvalue weighted by atomic mass is 10.1. The standard InChI is InChI=1S/C17H21N3O5S/c1-2-15-18-19-16(25-15)12-24-17(21)14-10-6-7-11-20(14)26(22,23)13-8-4-3-5-9-13/h3-5,8-9,14H,2,6-7,10-12H2,1H3/t14-/m1/s1. The molecule has 0 amide bonds. The van der Waals surface area contributed by atoms with Gasteiger partial charge in [-0.25, -0.2) is 8.42 Å². The van der Waals surface area contributed by atoms with Gasteiger partial charge in [0.2, 0.25) is 15.9 Å². The molecule has 0 radical (unpaired) electrons. The van der Waals surface area contributed by atoms with E-state index < -0.39 is 22.0 Å². The van der Waals surface area contributed by atoms with Crippen LogP contribution >= 0.6 is 0 Å². The first-order valence-corrected chi connectivity index (χ1v) is 10.0. The second kappa shape index (κ2) is 7.96. The molecular formula is C17H21N3O5S. The van der Waals surface area contributed by atoms with Gasteiger partial charge >= 0.3 is 5.97 Å². The van der Waals surface area contributed by atoms with Gasteiger partial charge in [-0.15, -0.1) is 10.2 Å². The van der Waals surface area contributed by atoms with Crippen molar-refractivity contribution in [1.29, 1.82) is 0 Å². The predicted octanol–water partition coefficient (Wildman–Crippen LogP) is 1.92. The van der Waals surface area contributed by atoms with E-state index in [1.165, 1.54) is 16.4 Å². The first-order chi connectivity index (χ1) is 12.5. The zero-order valence-corrected chi connectivity index (χ0v) is 15.3. The molecule has 0 saturated carbocycles. The molecule has 1 aliphatic rings. The number of rotatable bonds is 6. The summed E-state index contributed by atoms with van der Waals surface area (Å²) in [5.41, 5.74) is 0. The Hall–Kier alpha value is -2.26. The number of aromatic nitrogens is 2. The maximum absolute atomic E-state index is 12.9. The van der Waals surface area contributed by atoms with Gasteiger partial charge in [0.25, 0.3) is 5.89 Å². The summed E-state index contributed by atoms with van der Waals surface area (Å²) in [7, 11) is -3.76. The highest BCUT2D eigenvalue weighted by molar-refractivity contribution is 7.89. The lowest BCUT2D eigenvalue weighted by Crippen LogP contribution is -2.48. The molecule has 0 aliphatic carbocycles. The Morgan fingerprint density at radius 3 is 2.65 bits per heavy atom. The van der Waals surface area contributed by atoms with E-state index in [0.29, 0.717) is 25.2 Å². The van der Waals surface area contributed by atoms with Gasteiger partial charge in [-0.05, 0) is 31.4 Å². The number of sulfonamides is 1. The van der Waals surface area contributed by atoms with Crippen molar-refractivity contribution in [3.63, 3.8) is 0 Å². The zero-order valence-electron chi connectivity index (χ0n) is 14.5. The fourth-order valence-electron chi connectivity index (χ4n) is 2.87. The van der Waals surface area contributed by atoms with Crippen LogP contribution in [0.5, 0.6) is 0 Å². The fourth-order valence-corrected chi connectivity index (χ4v) is 4.54. The topological polar surface area (TPSA) is 103 Å². The van der Waals surface area contributed by atoms with Gasteiger partial charge in [0.15, 0.2) is 6.61 Å². The van der Waals surface area contributed by atoms with E-state index >= 15 is 0 Å². The van der Waals surface area contributed by atoms with E-state index in [-0.39, 0.29) is 23.9 Å². The lowest BCUT2D eigenvalue weighted by molar-refractivity contribution is -0.151. The van der Waals surface area contributed by atoms with Gasteiger partial charge in [0.1, 0.15) is 6.04 Å². The van der Waals surface area contributed by atoms with Gasteiger partial charge in [0, 0.05) is 13.0 Å². The van der Waals surface area contributed by atoms with Crippen molar-refractivity contribution in [3.05, 3.63) is 42.1 Å². The molecule has 3 rings (SSSR count). The van der Waals surface area contributed by atoms with Crippen LogP contribution in [0.4, 0.5) is 0 Å². The molecule has 1 aromatic carbocycles. The molecule has 26 heavy (non-hydrogen) atoms. The Morgan fingerprint density at radius 1 is 1.23 bits per heavy atom. The van der Waals surface area contributed by atoms with E-state index in [4.69, 9.17) is 9.15 Å². The summed E-state index contributed by atoms with van der Waals surface area (Å²) in [6, 6.07) is 7.27. The second-order valence-electron chi connectivity index (χ2n) is 5.99. The van der Waals surface area contributed by atoms with Gasteiger partial charge in [0.05, 0.1) is 4.90 Å². The highest BCUT2D eigenvalue weighted by Gasteiger charge is 2.38. The summed E-state index contributed by atoms with van der Waals surface area (Å²) < 4.78 is 37.6. The number of aryl methyl sites for hydroxylation is 1. The molecule has 0 unspecified atom stereocenters. The Bertz CT molecular complexity index is 850. The Balaban J connectivity index is 1.73. The minimum Gasteiger partial charge on any atom is -0.454 e. The summed E-state index contributed by atoms with van der Waals surface area (Å²) in [6.07, 6.45) is 2.49. The largest absolute Gasteiger partial charge is 0.454 e. The third-order valence-corrected chi connectivity index (χ3v) is 6.15. The van der Waals surface area contributed by atoms with E-state index in [1.54, 1.807) is 18.2 Å². The van der Waals surface area contributed by atoms with Crippen LogP contribution in [0.25, 0.3) is 0 Å². The number of benzene rings is 1. The van der Waals surface area contributed by atoms with Gasteiger partial charge in [-0.3, -0.25) is 4.79 Å². The predicted molar refractivity (Wildman–Crippen MR) is 91.4 cm³/mol. The molecule has 8 nitrogen and oxygen atoms in total. The van der Waals surface area contributed by atoms with Crippen molar-refractivity contribution in [3.8, 4) is 0 Å². The monoisotopic (exact) mass is 379 g/mol. The molecule has 9 heteroatoms. The molecule has 1 atom stereocenters. The Labute approximate surface area is 152 Å². The number of carbonyl (C=O) groups excluding carboxylic acids is 1. The molecule has 0 N–H and O–H groups in total. The molecule has 1 saturated heterocycles. The maximum atomic E-state index is 12.9. The SMILES string of the molecule is CCc1nnc(COC(=O)[C@H]2CCCCN2S(=O)(=O)c2ccccc2)o1. The fraction of sp³-hybridized carbons (Fsp3) is 0.471. The summed E-state index contributed by atoms with van der Waals surface area (Å²) in [5.74, 6) is 0.0610. The molecule has 1 fully saturated rings. The van der Waals surface area contributed by atoms with Crippen LogP contribution in [-0.2, 0) is 32.6 Å². The summed E-state index contributed by atoms with van der Waals surface area (Å²) in [6.45, 7) is 2.00. The van der Waals surface area contributed by atoms with Gasteiger partial charge in [-0.1, -0.05) is 25.1 Å². The third kappa shape index (κ3) is 3.94. The highest BCUT2D eigenvalue weighted by atomic mass is 32.2. The Morgan fingerprint density at radius 2 is 1.96 bits per heavy atom. The van der Waals surface area contributed by atoms with Crippen molar-refractivity contribution < 1.29 is 22.4 Å². The van der Waals surface area contributed by atoms with E-state index in [1.807, 2.05) is 6.92 Å². The quantitative estimate of drug-likeness (QED) is 0.706. The molecule has 0 bridgehead atoms. The minimum atomic E-state index is -3.76. The average molecular weight is 379 g/mol. The third-order valence-electron chi connectivity index (χ3n) is 4.22. The number of hydrogen-bond acceptors (Lipinski definition) is 7. The van der Waals surface area contributed by atoms with Crippen LogP contribution < -0.4 is 0 Å². The van der Waals surface area contributed by atoms with Crippen molar-refractivity contribution in [2.24, 2.45) is 0 Å². The van der Waals surface area contributed by atoms with E-state index in [2.05, 4.69) is 10.2 Å². The van der Waals surface area contributed by atoms with Gasteiger partial charge < -0.3 is 9.15 Å². The molecule has 2 heterocycles. The van der Waals surface area contributed by atoms with Crippen LogP contribution in [0.15, 0.2) is 39.6 Å². The smallest absolute Gasteiger partial charge is 0.324 e.